The van der Waals surface area contributed by atoms with E-state index in [0.717, 1.165) is 12.1 Å². The Morgan fingerprint density at radius 1 is 1.25 bits per heavy atom. The van der Waals surface area contributed by atoms with Gasteiger partial charge in [0.2, 0.25) is 5.91 Å². The monoisotopic (exact) mass is 285 g/mol. The van der Waals surface area contributed by atoms with E-state index in [1.165, 1.54) is 12.1 Å². The molecule has 9 heteroatoms. The van der Waals surface area contributed by atoms with Gasteiger partial charge in [-0.15, -0.1) is 10.2 Å². The van der Waals surface area contributed by atoms with Crippen molar-refractivity contribution < 1.29 is 18.0 Å². The molecule has 0 saturated heterocycles. The highest BCUT2D eigenvalue weighted by Gasteiger charge is 2.29. The zero-order valence-corrected chi connectivity index (χ0v) is 10.1. The van der Waals surface area contributed by atoms with Gasteiger partial charge in [0, 0.05) is 0 Å². The van der Waals surface area contributed by atoms with E-state index in [2.05, 4.69) is 25.9 Å². The molecule has 0 spiro atoms. The Balaban J connectivity index is 1.88. The second kappa shape index (κ2) is 5.68. The molecule has 1 aromatic heterocycles. The Hall–Kier alpha value is -2.45. The van der Waals surface area contributed by atoms with Crippen LogP contribution < -0.4 is 5.32 Å². The zero-order valence-electron chi connectivity index (χ0n) is 10.1. The summed E-state index contributed by atoms with van der Waals surface area (Å²) in [4.78, 5) is 11.6. The molecule has 0 aliphatic carbocycles. The quantitative estimate of drug-likeness (QED) is 0.880. The first-order chi connectivity index (χ1) is 9.45. The minimum Gasteiger partial charge on any atom is -0.348 e. The van der Waals surface area contributed by atoms with E-state index in [0.29, 0.717) is 11.4 Å². The Labute approximate surface area is 111 Å². The summed E-state index contributed by atoms with van der Waals surface area (Å²) in [5.74, 6) is -0.0136. The summed E-state index contributed by atoms with van der Waals surface area (Å²) >= 11 is 0. The molecule has 2 rings (SSSR count). The summed E-state index contributed by atoms with van der Waals surface area (Å²) in [6.45, 7) is 0.107. The number of hydrogen-bond acceptors (Lipinski definition) is 4. The van der Waals surface area contributed by atoms with Gasteiger partial charge < -0.3 is 5.32 Å². The molecule has 2 N–H and O–H groups in total. The van der Waals surface area contributed by atoms with Gasteiger partial charge in [-0.25, -0.2) is 0 Å². The van der Waals surface area contributed by atoms with Gasteiger partial charge in [-0.2, -0.15) is 18.4 Å². The highest BCUT2D eigenvalue weighted by Crippen LogP contribution is 2.29. The molecule has 20 heavy (non-hydrogen) atoms. The lowest BCUT2D eigenvalue weighted by atomic mass is 10.1. The van der Waals surface area contributed by atoms with Crippen LogP contribution in [0.15, 0.2) is 24.3 Å². The van der Waals surface area contributed by atoms with Crippen molar-refractivity contribution in [3.05, 3.63) is 41.2 Å². The van der Waals surface area contributed by atoms with E-state index in [1.807, 2.05) is 0 Å². The third-order valence-electron chi connectivity index (χ3n) is 2.48. The Bertz CT molecular complexity index is 565. The number of amides is 1. The van der Waals surface area contributed by atoms with Crippen molar-refractivity contribution in [1.82, 2.24) is 25.9 Å². The van der Waals surface area contributed by atoms with E-state index in [9.17, 15) is 18.0 Å². The number of halogens is 3. The number of H-pyrrole nitrogens is 1. The summed E-state index contributed by atoms with van der Waals surface area (Å²) in [5.41, 5.74) is -0.253. The Morgan fingerprint density at radius 2 is 1.95 bits per heavy atom. The standard InChI is InChI=1S/C11H10F3N5O/c12-11(13,14)8-3-1-7(2-4-8)5-10(20)15-6-9-16-18-19-17-9/h1-4H,5-6H2,(H,15,20)(H,16,17,18,19). The highest BCUT2D eigenvalue weighted by atomic mass is 19.4. The van der Waals surface area contributed by atoms with Gasteiger partial charge in [0.1, 0.15) is 0 Å². The van der Waals surface area contributed by atoms with Crippen LogP contribution in [0.25, 0.3) is 0 Å². The van der Waals surface area contributed by atoms with Gasteiger partial charge in [-0.1, -0.05) is 17.3 Å². The average molecular weight is 285 g/mol. The molecule has 2 aromatic rings. The first kappa shape index (κ1) is 14.0. The average Bonchev–Trinajstić information content (AvgIpc) is 2.89. The van der Waals surface area contributed by atoms with Gasteiger partial charge >= 0.3 is 6.18 Å². The van der Waals surface area contributed by atoms with Crippen LogP contribution in [-0.2, 0) is 23.9 Å². The van der Waals surface area contributed by atoms with Crippen LogP contribution in [0.5, 0.6) is 0 Å². The van der Waals surface area contributed by atoms with E-state index < -0.39 is 11.7 Å². The number of nitrogens with one attached hydrogen (secondary N) is 2. The van der Waals surface area contributed by atoms with Crippen molar-refractivity contribution in [1.29, 1.82) is 0 Å². The maximum absolute atomic E-state index is 12.4. The molecular weight excluding hydrogens is 275 g/mol. The number of aromatic nitrogens is 4. The SMILES string of the molecule is O=C(Cc1ccc(C(F)(F)F)cc1)NCc1nn[nH]n1. The molecule has 0 fully saturated rings. The summed E-state index contributed by atoms with van der Waals surface area (Å²) in [5, 5.41) is 15.4. The Kier molecular flexibility index (Phi) is 3.97. The summed E-state index contributed by atoms with van der Waals surface area (Å²) < 4.78 is 37.1. The molecule has 0 aliphatic rings. The molecule has 1 aromatic carbocycles. The van der Waals surface area contributed by atoms with Crippen molar-refractivity contribution >= 4 is 5.91 Å². The molecule has 0 unspecified atom stereocenters. The molecule has 1 amide bonds. The second-order valence-electron chi connectivity index (χ2n) is 3.98. The summed E-state index contributed by atoms with van der Waals surface area (Å²) in [7, 11) is 0. The number of alkyl halides is 3. The molecule has 0 aliphatic heterocycles. The first-order valence-electron chi connectivity index (χ1n) is 5.60. The van der Waals surface area contributed by atoms with Gasteiger partial charge in [0.05, 0.1) is 18.5 Å². The van der Waals surface area contributed by atoms with Crippen molar-refractivity contribution in [2.45, 2.75) is 19.1 Å². The van der Waals surface area contributed by atoms with Crippen LogP contribution in [-0.4, -0.2) is 26.5 Å². The first-order valence-corrected chi connectivity index (χ1v) is 5.60. The fourth-order valence-corrected chi connectivity index (χ4v) is 1.49. The van der Waals surface area contributed by atoms with E-state index >= 15 is 0 Å². The predicted molar refractivity (Wildman–Crippen MR) is 61.2 cm³/mol. The maximum atomic E-state index is 12.4. The molecule has 0 saturated carbocycles. The fourth-order valence-electron chi connectivity index (χ4n) is 1.49. The number of tetrazole rings is 1. The van der Waals surface area contributed by atoms with Gasteiger partial charge in [-0.05, 0) is 17.7 Å². The minimum absolute atomic E-state index is 0.0179. The van der Waals surface area contributed by atoms with Gasteiger partial charge in [-0.3, -0.25) is 4.79 Å². The molecule has 0 radical (unpaired) electrons. The van der Waals surface area contributed by atoms with E-state index in [-0.39, 0.29) is 18.9 Å². The highest BCUT2D eigenvalue weighted by molar-refractivity contribution is 5.78. The molecule has 6 nitrogen and oxygen atoms in total. The van der Waals surface area contributed by atoms with Crippen LogP contribution in [0.1, 0.15) is 17.0 Å². The summed E-state index contributed by atoms with van der Waals surface area (Å²) in [6.07, 6.45) is -4.39. The van der Waals surface area contributed by atoms with E-state index in [4.69, 9.17) is 0 Å². The van der Waals surface area contributed by atoms with Crippen molar-refractivity contribution in [2.24, 2.45) is 0 Å². The third-order valence-corrected chi connectivity index (χ3v) is 2.48. The van der Waals surface area contributed by atoms with Gasteiger partial charge in [0.15, 0.2) is 5.82 Å². The normalized spacial score (nSPS) is 11.3. The third kappa shape index (κ3) is 3.77. The lowest BCUT2D eigenvalue weighted by molar-refractivity contribution is -0.137. The second-order valence-corrected chi connectivity index (χ2v) is 3.98. The van der Waals surface area contributed by atoms with Crippen LogP contribution in [0.2, 0.25) is 0 Å². The molecule has 106 valence electrons. The number of benzene rings is 1. The Morgan fingerprint density at radius 3 is 2.50 bits per heavy atom. The topological polar surface area (TPSA) is 83.6 Å². The number of carbonyl (C=O) groups is 1. The molecular formula is C11H10F3N5O. The summed E-state index contributed by atoms with van der Waals surface area (Å²) in [6, 6.07) is 4.44. The molecule has 0 bridgehead atoms. The zero-order chi connectivity index (χ0) is 14.6. The largest absolute Gasteiger partial charge is 0.416 e. The predicted octanol–water partition coefficient (Wildman–Crippen LogP) is 1.08. The van der Waals surface area contributed by atoms with Crippen LogP contribution in [0.3, 0.4) is 0 Å². The lowest BCUT2D eigenvalue weighted by Crippen LogP contribution is -2.25. The maximum Gasteiger partial charge on any atom is 0.416 e. The number of rotatable bonds is 4. The fraction of sp³-hybridized carbons (Fsp3) is 0.273. The van der Waals surface area contributed by atoms with Crippen molar-refractivity contribution in [3.63, 3.8) is 0 Å². The number of hydrogen-bond donors (Lipinski definition) is 2. The van der Waals surface area contributed by atoms with Crippen LogP contribution in [0, 0.1) is 0 Å². The van der Waals surface area contributed by atoms with Crippen molar-refractivity contribution in [3.8, 4) is 0 Å². The molecule has 0 atom stereocenters. The van der Waals surface area contributed by atoms with Crippen LogP contribution >= 0.6 is 0 Å². The van der Waals surface area contributed by atoms with Gasteiger partial charge in [0.25, 0.3) is 0 Å². The number of carbonyl (C=O) groups excluding carboxylic acids is 1. The van der Waals surface area contributed by atoms with E-state index in [1.54, 1.807) is 0 Å². The number of nitrogens with zero attached hydrogens (tertiary/aromatic N) is 3. The van der Waals surface area contributed by atoms with Crippen molar-refractivity contribution in [2.75, 3.05) is 0 Å². The smallest absolute Gasteiger partial charge is 0.348 e. The number of aromatic amines is 1. The lowest BCUT2D eigenvalue weighted by Gasteiger charge is -2.07. The minimum atomic E-state index is -4.38. The molecule has 1 heterocycles. The van der Waals surface area contributed by atoms with Crippen LogP contribution in [0.4, 0.5) is 13.2 Å².